The van der Waals surface area contributed by atoms with Crippen molar-refractivity contribution in [3.8, 4) is 0 Å². The highest BCUT2D eigenvalue weighted by Gasteiger charge is 2.45. The Hall–Kier alpha value is -0.820. The van der Waals surface area contributed by atoms with Crippen LogP contribution < -0.4 is 5.73 Å². The number of alkyl halides is 3. The SMILES string of the molecule is NCC1(C(=O)N2CCC(C(F)(F)F)CC2)CCOCC1. The van der Waals surface area contributed by atoms with E-state index in [4.69, 9.17) is 10.5 Å². The van der Waals surface area contributed by atoms with Gasteiger partial charge in [0.05, 0.1) is 11.3 Å². The van der Waals surface area contributed by atoms with E-state index in [1.807, 2.05) is 0 Å². The Morgan fingerprint density at radius 3 is 2.25 bits per heavy atom. The number of nitrogens with zero attached hydrogens (tertiary/aromatic N) is 1. The van der Waals surface area contributed by atoms with Crippen LogP contribution in [-0.2, 0) is 9.53 Å². The van der Waals surface area contributed by atoms with E-state index in [-0.39, 0.29) is 38.4 Å². The van der Waals surface area contributed by atoms with E-state index in [0.717, 1.165) is 0 Å². The van der Waals surface area contributed by atoms with Crippen LogP contribution in [0.1, 0.15) is 25.7 Å². The number of carbonyl (C=O) groups excluding carboxylic acids is 1. The Labute approximate surface area is 116 Å². The van der Waals surface area contributed by atoms with Gasteiger partial charge in [-0.2, -0.15) is 13.2 Å². The van der Waals surface area contributed by atoms with Crippen LogP contribution in [0.15, 0.2) is 0 Å². The summed E-state index contributed by atoms with van der Waals surface area (Å²) in [6, 6.07) is 0. The molecule has 4 nitrogen and oxygen atoms in total. The Bertz CT molecular complexity index is 346. The molecular formula is C13H21F3N2O2. The smallest absolute Gasteiger partial charge is 0.381 e. The van der Waals surface area contributed by atoms with Gasteiger partial charge >= 0.3 is 6.18 Å². The average Bonchev–Trinajstić information content (AvgIpc) is 2.46. The second kappa shape index (κ2) is 5.89. The van der Waals surface area contributed by atoms with Crippen LogP contribution in [-0.4, -0.2) is 49.8 Å². The highest BCUT2D eigenvalue weighted by molar-refractivity contribution is 5.83. The molecule has 0 unspecified atom stereocenters. The second-order valence-electron chi connectivity index (χ2n) is 5.70. The summed E-state index contributed by atoms with van der Waals surface area (Å²) in [4.78, 5) is 14.1. The summed E-state index contributed by atoms with van der Waals surface area (Å²) in [5, 5.41) is 0. The third-order valence-corrected chi connectivity index (χ3v) is 4.54. The molecule has 2 aliphatic rings. The molecule has 116 valence electrons. The fourth-order valence-electron chi connectivity index (χ4n) is 3.01. The number of ether oxygens (including phenoxy) is 1. The van der Waals surface area contributed by atoms with Crippen molar-refractivity contribution in [3.05, 3.63) is 0 Å². The summed E-state index contributed by atoms with van der Waals surface area (Å²) in [5.41, 5.74) is 5.12. The highest BCUT2D eigenvalue weighted by Crippen LogP contribution is 2.37. The minimum Gasteiger partial charge on any atom is -0.381 e. The minimum absolute atomic E-state index is 0.00755. The Kier molecular flexibility index (Phi) is 4.59. The molecule has 0 aromatic carbocycles. The Morgan fingerprint density at radius 2 is 1.80 bits per heavy atom. The summed E-state index contributed by atoms with van der Waals surface area (Å²) in [7, 11) is 0. The molecule has 2 rings (SSSR count). The monoisotopic (exact) mass is 294 g/mol. The average molecular weight is 294 g/mol. The number of halogens is 3. The van der Waals surface area contributed by atoms with Crippen LogP contribution >= 0.6 is 0 Å². The van der Waals surface area contributed by atoms with Gasteiger partial charge in [-0.15, -0.1) is 0 Å². The predicted molar refractivity (Wildman–Crippen MR) is 66.9 cm³/mol. The normalized spacial score (nSPS) is 24.7. The molecule has 2 N–H and O–H groups in total. The standard InChI is InChI=1S/C13H21F3N2O2/c14-13(15,16)10-1-5-18(6-2-10)11(19)12(9-17)3-7-20-8-4-12/h10H,1-9,17H2. The zero-order chi connectivity index (χ0) is 14.8. The molecule has 7 heteroatoms. The quantitative estimate of drug-likeness (QED) is 0.840. The third kappa shape index (κ3) is 3.09. The molecule has 0 atom stereocenters. The summed E-state index contributed by atoms with van der Waals surface area (Å²) >= 11 is 0. The maximum absolute atomic E-state index is 12.6. The molecule has 0 aromatic rings. The molecule has 0 bridgehead atoms. The number of amides is 1. The first kappa shape index (κ1) is 15.6. The highest BCUT2D eigenvalue weighted by atomic mass is 19.4. The van der Waals surface area contributed by atoms with Crippen molar-refractivity contribution in [3.63, 3.8) is 0 Å². The van der Waals surface area contributed by atoms with Gasteiger partial charge < -0.3 is 15.4 Å². The molecule has 2 aliphatic heterocycles. The molecule has 0 aromatic heterocycles. The van der Waals surface area contributed by atoms with Crippen molar-refractivity contribution in [2.75, 3.05) is 32.8 Å². The van der Waals surface area contributed by atoms with E-state index < -0.39 is 17.5 Å². The maximum Gasteiger partial charge on any atom is 0.391 e. The number of hydrogen-bond acceptors (Lipinski definition) is 3. The zero-order valence-electron chi connectivity index (χ0n) is 11.4. The molecular weight excluding hydrogens is 273 g/mol. The fraction of sp³-hybridized carbons (Fsp3) is 0.923. The van der Waals surface area contributed by atoms with Gasteiger partial charge in [0.1, 0.15) is 0 Å². The summed E-state index contributed by atoms with van der Waals surface area (Å²) < 4.78 is 43.1. The lowest BCUT2D eigenvalue weighted by Crippen LogP contribution is -2.53. The van der Waals surface area contributed by atoms with Crippen molar-refractivity contribution < 1.29 is 22.7 Å². The van der Waals surface area contributed by atoms with Crippen LogP contribution in [0.4, 0.5) is 13.2 Å². The van der Waals surface area contributed by atoms with E-state index in [2.05, 4.69) is 0 Å². The van der Waals surface area contributed by atoms with Crippen molar-refractivity contribution in [1.82, 2.24) is 4.90 Å². The molecule has 1 amide bonds. The van der Waals surface area contributed by atoms with Crippen LogP contribution in [0.25, 0.3) is 0 Å². The van der Waals surface area contributed by atoms with Gasteiger partial charge in [-0.3, -0.25) is 4.79 Å². The van der Waals surface area contributed by atoms with Crippen molar-refractivity contribution in [1.29, 1.82) is 0 Å². The lowest BCUT2D eigenvalue weighted by molar-refractivity contribution is -0.188. The number of carbonyl (C=O) groups is 1. The number of hydrogen-bond donors (Lipinski definition) is 1. The number of rotatable bonds is 2. The van der Waals surface area contributed by atoms with E-state index in [9.17, 15) is 18.0 Å². The van der Waals surface area contributed by atoms with E-state index in [1.54, 1.807) is 4.90 Å². The Balaban J connectivity index is 1.97. The maximum atomic E-state index is 12.6. The Morgan fingerprint density at radius 1 is 1.25 bits per heavy atom. The molecule has 0 spiro atoms. The van der Waals surface area contributed by atoms with Gasteiger partial charge in [0.15, 0.2) is 0 Å². The first-order valence-electron chi connectivity index (χ1n) is 7.03. The van der Waals surface area contributed by atoms with Crippen molar-refractivity contribution in [2.45, 2.75) is 31.9 Å². The molecule has 2 heterocycles. The van der Waals surface area contributed by atoms with Gasteiger partial charge in [0, 0.05) is 32.8 Å². The predicted octanol–water partition coefficient (Wildman–Crippen LogP) is 1.54. The zero-order valence-corrected chi connectivity index (χ0v) is 11.4. The number of likely N-dealkylation sites (tertiary alicyclic amines) is 1. The van der Waals surface area contributed by atoms with Crippen LogP contribution in [0.5, 0.6) is 0 Å². The lowest BCUT2D eigenvalue weighted by Gasteiger charge is -2.41. The molecule has 0 radical (unpaired) electrons. The molecule has 0 saturated carbocycles. The summed E-state index contributed by atoms with van der Waals surface area (Å²) in [6.45, 7) is 1.55. The second-order valence-corrected chi connectivity index (χ2v) is 5.70. The van der Waals surface area contributed by atoms with E-state index in [1.165, 1.54) is 0 Å². The summed E-state index contributed by atoms with van der Waals surface area (Å²) in [6.07, 6.45) is -3.05. The summed E-state index contributed by atoms with van der Waals surface area (Å²) in [5.74, 6) is -1.38. The van der Waals surface area contributed by atoms with E-state index in [0.29, 0.717) is 26.1 Å². The topological polar surface area (TPSA) is 55.6 Å². The molecule has 0 aliphatic carbocycles. The lowest BCUT2D eigenvalue weighted by atomic mass is 9.78. The largest absolute Gasteiger partial charge is 0.391 e. The third-order valence-electron chi connectivity index (χ3n) is 4.54. The molecule has 20 heavy (non-hydrogen) atoms. The van der Waals surface area contributed by atoms with Crippen LogP contribution in [0.2, 0.25) is 0 Å². The van der Waals surface area contributed by atoms with Gasteiger partial charge in [-0.05, 0) is 25.7 Å². The minimum atomic E-state index is -4.15. The molecule has 2 saturated heterocycles. The van der Waals surface area contributed by atoms with Crippen molar-refractivity contribution >= 4 is 5.91 Å². The van der Waals surface area contributed by atoms with Crippen molar-refractivity contribution in [2.24, 2.45) is 17.1 Å². The van der Waals surface area contributed by atoms with Gasteiger partial charge in [-0.1, -0.05) is 0 Å². The van der Waals surface area contributed by atoms with E-state index >= 15 is 0 Å². The molecule has 2 fully saturated rings. The van der Waals surface area contributed by atoms with Gasteiger partial charge in [0.25, 0.3) is 0 Å². The first-order valence-corrected chi connectivity index (χ1v) is 7.03. The number of nitrogens with two attached hydrogens (primary N) is 1. The van der Waals surface area contributed by atoms with Gasteiger partial charge in [0.2, 0.25) is 5.91 Å². The fourth-order valence-corrected chi connectivity index (χ4v) is 3.01. The van der Waals surface area contributed by atoms with Gasteiger partial charge in [-0.25, -0.2) is 0 Å². The number of piperidine rings is 1. The van der Waals surface area contributed by atoms with Crippen LogP contribution in [0, 0.1) is 11.3 Å². The van der Waals surface area contributed by atoms with Crippen LogP contribution in [0.3, 0.4) is 0 Å². The first-order chi connectivity index (χ1) is 9.39.